The van der Waals surface area contributed by atoms with Crippen LogP contribution < -0.4 is 5.32 Å². The van der Waals surface area contributed by atoms with Crippen LogP contribution in [0.4, 0.5) is 14.9 Å². The number of benzene rings is 2. The second-order valence-corrected chi connectivity index (χ2v) is 5.71. The van der Waals surface area contributed by atoms with Crippen molar-refractivity contribution in [3.05, 3.63) is 65.6 Å². The van der Waals surface area contributed by atoms with E-state index in [1.807, 2.05) is 0 Å². The molecule has 0 unspecified atom stereocenters. The molecule has 2 N–H and O–H groups in total. The van der Waals surface area contributed by atoms with Gasteiger partial charge < -0.3 is 14.4 Å². The molecule has 6 nitrogen and oxygen atoms in total. The van der Waals surface area contributed by atoms with Crippen LogP contribution >= 0.6 is 0 Å². The summed E-state index contributed by atoms with van der Waals surface area (Å²) in [5.41, 5.74) is 1.72. The van der Waals surface area contributed by atoms with Gasteiger partial charge in [-0.2, -0.15) is 0 Å². The van der Waals surface area contributed by atoms with Gasteiger partial charge in [-0.25, -0.2) is 9.18 Å². The molecule has 0 saturated carbocycles. The number of phenolic OH excluding ortho intramolecular Hbond substituents is 1. The highest BCUT2D eigenvalue weighted by Crippen LogP contribution is 2.32. The Kier molecular flexibility index (Phi) is 4.88. The number of aromatic hydroxyl groups is 1. The highest BCUT2D eigenvalue weighted by atomic mass is 19.1. The summed E-state index contributed by atoms with van der Waals surface area (Å²) in [5.74, 6) is -0.00523. The molecule has 3 rings (SSSR count). The van der Waals surface area contributed by atoms with Gasteiger partial charge in [0.2, 0.25) is 0 Å². The van der Waals surface area contributed by atoms with E-state index in [-0.39, 0.29) is 11.3 Å². The topological polar surface area (TPSA) is 84.6 Å². The van der Waals surface area contributed by atoms with Crippen LogP contribution in [0, 0.1) is 12.7 Å². The number of rotatable bonds is 4. The van der Waals surface area contributed by atoms with Crippen LogP contribution in [0.1, 0.15) is 24.3 Å². The second kappa shape index (κ2) is 7.26. The van der Waals surface area contributed by atoms with Crippen molar-refractivity contribution in [1.82, 2.24) is 5.16 Å². The van der Waals surface area contributed by atoms with Crippen molar-refractivity contribution in [2.75, 3.05) is 5.32 Å². The average Bonchev–Trinajstić information content (AvgIpc) is 2.96. The second-order valence-electron chi connectivity index (χ2n) is 5.71. The highest BCUT2D eigenvalue weighted by Gasteiger charge is 2.20. The summed E-state index contributed by atoms with van der Waals surface area (Å²) >= 11 is 0. The molecule has 0 aliphatic heterocycles. The number of nitrogens with zero attached hydrogens (tertiary/aromatic N) is 1. The normalized spacial score (nSPS) is 11.8. The van der Waals surface area contributed by atoms with E-state index in [4.69, 9.17) is 9.26 Å². The molecule has 0 radical (unpaired) electrons. The van der Waals surface area contributed by atoms with Crippen LogP contribution in [0.3, 0.4) is 0 Å². The number of aryl methyl sites for hydroxylation is 1. The van der Waals surface area contributed by atoms with E-state index < -0.39 is 18.0 Å². The molecular formula is C19H17FN2O4. The molecule has 2 aromatic carbocycles. The number of amides is 1. The van der Waals surface area contributed by atoms with Crippen LogP contribution in [-0.4, -0.2) is 16.4 Å². The molecule has 0 bridgehead atoms. The molecule has 0 aliphatic rings. The maximum absolute atomic E-state index is 13.8. The molecule has 0 saturated heterocycles. The molecule has 1 aromatic heterocycles. The first-order valence-electron chi connectivity index (χ1n) is 7.93. The maximum Gasteiger partial charge on any atom is 0.412 e. The van der Waals surface area contributed by atoms with Crippen molar-refractivity contribution in [2.24, 2.45) is 0 Å². The number of carbonyl (C=O) groups is 1. The summed E-state index contributed by atoms with van der Waals surface area (Å²) in [6.45, 7) is 3.25. The molecule has 0 aliphatic carbocycles. The average molecular weight is 356 g/mol. The highest BCUT2D eigenvalue weighted by molar-refractivity contribution is 5.90. The summed E-state index contributed by atoms with van der Waals surface area (Å²) in [4.78, 5) is 12.2. The smallest absolute Gasteiger partial charge is 0.412 e. The lowest BCUT2D eigenvalue weighted by molar-refractivity contribution is 0.119. The number of ether oxygens (including phenoxy) is 1. The first-order valence-corrected chi connectivity index (χ1v) is 7.93. The Hall–Kier alpha value is -3.35. The Labute approximate surface area is 149 Å². The van der Waals surface area contributed by atoms with Gasteiger partial charge in [0.05, 0.1) is 0 Å². The van der Waals surface area contributed by atoms with Crippen LogP contribution in [0.25, 0.3) is 11.3 Å². The van der Waals surface area contributed by atoms with E-state index in [1.165, 1.54) is 18.2 Å². The zero-order valence-corrected chi connectivity index (χ0v) is 14.2. The standard InChI is InChI=1S/C19H17FN2O4/c1-11-17(18(26-22-11)13-7-9-14(23)10-8-13)21-19(24)25-12(2)15-5-3-4-6-16(15)20/h3-10,12,23H,1-2H3,(H,21,24)/t12-/m1/s1. The first kappa shape index (κ1) is 17.5. The van der Waals surface area contributed by atoms with Gasteiger partial charge >= 0.3 is 6.09 Å². The third kappa shape index (κ3) is 3.66. The Morgan fingerprint density at radius 2 is 1.92 bits per heavy atom. The van der Waals surface area contributed by atoms with Gasteiger partial charge in [0.1, 0.15) is 29.1 Å². The van der Waals surface area contributed by atoms with Crippen LogP contribution in [0.15, 0.2) is 53.1 Å². The third-order valence-corrected chi connectivity index (χ3v) is 3.85. The molecule has 7 heteroatoms. The van der Waals surface area contributed by atoms with Crippen molar-refractivity contribution >= 4 is 11.8 Å². The summed E-state index contributed by atoms with van der Waals surface area (Å²) < 4.78 is 24.3. The molecule has 134 valence electrons. The Bertz CT molecular complexity index is 922. The van der Waals surface area contributed by atoms with Gasteiger partial charge in [-0.1, -0.05) is 23.4 Å². The van der Waals surface area contributed by atoms with E-state index in [2.05, 4.69) is 10.5 Å². The summed E-state index contributed by atoms with van der Waals surface area (Å²) in [6.07, 6.45) is -1.53. The monoisotopic (exact) mass is 356 g/mol. The van der Waals surface area contributed by atoms with Gasteiger partial charge in [0.25, 0.3) is 0 Å². The van der Waals surface area contributed by atoms with E-state index in [1.54, 1.807) is 44.2 Å². The molecule has 1 atom stereocenters. The summed E-state index contributed by atoms with van der Waals surface area (Å²) in [5, 5.41) is 15.8. The third-order valence-electron chi connectivity index (χ3n) is 3.85. The lowest BCUT2D eigenvalue weighted by Crippen LogP contribution is -2.17. The van der Waals surface area contributed by atoms with E-state index >= 15 is 0 Å². The lowest BCUT2D eigenvalue weighted by Gasteiger charge is -2.15. The lowest BCUT2D eigenvalue weighted by atomic mass is 10.1. The molecular weight excluding hydrogens is 339 g/mol. The molecule has 0 spiro atoms. The minimum Gasteiger partial charge on any atom is -0.508 e. The molecule has 1 amide bonds. The number of hydrogen-bond acceptors (Lipinski definition) is 5. The van der Waals surface area contributed by atoms with Gasteiger partial charge in [0, 0.05) is 11.1 Å². The minimum absolute atomic E-state index is 0.109. The molecule has 1 heterocycles. The van der Waals surface area contributed by atoms with Gasteiger partial charge in [0.15, 0.2) is 5.76 Å². The molecule has 26 heavy (non-hydrogen) atoms. The summed E-state index contributed by atoms with van der Waals surface area (Å²) in [6, 6.07) is 12.4. The number of anilines is 1. The largest absolute Gasteiger partial charge is 0.508 e. The molecule has 3 aromatic rings. The first-order chi connectivity index (χ1) is 12.5. The number of hydrogen-bond donors (Lipinski definition) is 2. The predicted octanol–water partition coefficient (Wildman–Crippen LogP) is 4.80. The Balaban J connectivity index is 1.77. The molecule has 0 fully saturated rings. The predicted molar refractivity (Wildman–Crippen MR) is 93.3 cm³/mol. The van der Waals surface area contributed by atoms with Crippen molar-refractivity contribution in [2.45, 2.75) is 20.0 Å². The van der Waals surface area contributed by atoms with Crippen molar-refractivity contribution < 1.29 is 23.6 Å². The number of carbonyl (C=O) groups excluding carboxylic acids is 1. The van der Waals surface area contributed by atoms with Crippen LogP contribution in [0.2, 0.25) is 0 Å². The number of phenols is 1. The summed E-state index contributed by atoms with van der Waals surface area (Å²) in [7, 11) is 0. The van der Waals surface area contributed by atoms with Crippen molar-refractivity contribution in [1.29, 1.82) is 0 Å². The number of nitrogens with one attached hydrogen (secondary N) is 1. The fourth-order valence-electron chi connectivity index (χ4n) is 2.49. The Morgan fingerprint density at radius 1 is 1.23 bits per heavy atom. The van der Waals surface area contributed by atoms with E-state index in [0.717, 1.165) is 0 Å². The van der Waals surface area contributed by atoms with Gasteiger partial charge in [-0.15, -0.1) is 0 Å². The number of halogens is 1. The number of aromatic nitrogens is 1. The Morgan fingerprint density at radius 3 is 2.62 bits per heavy atom. The van der Waals surface area contributed by atoms with E-state index in [9.17, 15) is 14.3 Å². The van der Waals surface area contributed by atoms with Crippen LogP contribution in [-0.2, 0) is 4.74 Å². The van der Waals surface area contributed by atoms with Gasteiger partial charge in [-0.05, 0) is 44.2 Å². The zero-order chi connectivity index (χ0) is 18.7. The maximum atomic E-state index is 13.8. The van der Waals surface area contributed by atoms with E-state index in [0.29, 0.717) is 22.7 Å². The van der Waals surface area contributed by atoms with Gasteiger partial charge in [-0.3, -0.25) is 5.32 Å². The zero-order valence-electron chi connectivity index (χ0n) is 14.2. The van der Waals surface area contributed by atoms with Crippen molar-refractivity contribution in [3.63, 3.8) is 0 Å². The van der Waals surface area contributed by atoms with Crippen molar-refractivity contribution in [3.8, 4) is 17.1 Å². The quantitative estimate of drug-likeness (QED) is 0.701. The fourth-order valence-corrected chi connectivity index (χ4v) is 2.49. The SMILES string of the molecule is Cc1noc(-c2ccc(O)cc2)c1NC(=O)O[C@H](C)c1ccccc1F. The minimum atomic E-state index is -0.770. The fraction of sp³-hybridized carbons (Fsp3) is 0.158. The van der Waals surface area contributed by atoms with Crippen LogP contribution in [0.5, 0.6) is 5.75 Å².